The summed E-state index contributed by atoms with van der Waals surface area (Å²) in [4.78, 5) is 4.77. The van der Waals surface area contributed by atoms with Crippen LogP contribution in [0, 0.1) is 0 Å². The average Bonchev–Trinajstić information content (AvgIpc) is 3.41. The van der Waals surface area contributed by atoms with Gasteiger partial charge in [0.15, 0.2) is 0 Å². The summed E-state index contributed by atoms with van der Waals surface area (Å²) < 4.78 is 0. The van der Waals surface area contributed by atoms with Crippen molar-refractivity contribution in [1.82, 2.24) is 0 Å². The van der Waals surface area contributed by atoms with Gasteiger partial charge in [-0.1, -0.05) is 231 Å². The Hall–Kier alpha value is -8.98. The second kappa shape index (κ2) is 19.2. The van der Waals surface area contributed by atoms with Gasteiger partial charge in [0.2, 0.25) is 0 Å². The molecule has 0 saturated heterocycles. The topological polar surface area (TPSA) is 6.48 Å². The number of rotatable bonds is 12. The molecule has 0 atom stereocenters. The van der Waals surface area contributed by atoms with Crippen LogP contribution in [0.25, 0.3) is 68.1 Å². The fourth-order valence-electron chi connectivity index (χ4n) is 9.64. The van der Waals surface area contributed by atoms with Crippen LogP contribution in [-0.2, 0) is 0 Å². The highest BCUT2D eigenvalue weighted by Crippen LogP contribution is 2.50. The molecule has 0 aliphatic heterocycles. The van der Waals surface area contributed by atoms with Crippen LogP contribution in [0.3, 0.4) is 0 Å². The molecule has 11 aromatic carbocycles. The molecule has 0 unspecified atom stereocenters. The van der Waals surface area contributed by atoms with Crippen LogP contribution >= 0.6 is 0 Å². The van der Waals surface area contributed by atoms with Gasteiger partial charge in [-0.25, -0.2) is 0 Å². The maximum absolute atomic E-state index is 2.38. The van der Waals surface area contributed by atoms with Gasteiger partial charge in [0, 0.05) is 33.9 Å². The molecule has 2 heteroatoms. The van der Waals surface area contributed by atoms with Gasteiger partial charge < -0.3 is 9.80 Å². The van der Waals surface area contributed by atoms with Gasteiger partial charge >= 0.3 is 0 Å². The van der Waals surface area contributed by atoms with Crippen molar-refractivity contribution in [2.24, 2.45) is 0 Å². The third kappa shape index (κ3) is 8.28. The fourth-order valence-corrected chi connectivity index (χ4v) is 9.64. The molecule has 0 N–H and O–H groups in total. The Morgan fingerprint density at radius 3 is 0.779 bits per heavy atom. The summed E-state index contributed by atoms with van der Waals surface area (Å²) in [6.07, 6.45) is 9.12. The Balaban J connectivity index is 1.21. The molecule has 11 aromatic rings. The number of anilines is 6. The lowest BCUT2D eigenvalue weighted by Crippen LogP contribution is -2.12. The molecule has 0 spiro atoms. The standard InChI is InChI=1S/C66H48N2/c1-7-25-49(26-8-1)45-47-55-57(41-23-43-63(55)67(51-29-11-3-12-30-51)52-31-13-4-14-32-52)65-59-37-19-21-39-61(59)66(62-40-22-20-38-60(62)65)58-42-24-44-64(56(58)48-46-50-27-9-2-10-28-50)68(53-33-15-5-16-34-53)54-35-17-6-18-36-54/h1-48H. The Bertz CT molecular complexity index is 3160. The molecule has 68 heavy (non-hydrogen) atoms. The van der Waals surface area contributed by atoms with E-state index < -0.39 is 0 Å². The maximum Gasteiger partial charge on any atom is 0.0540 e. The van der Waals surface area contributed by atoms with Crippen molar-refractivity contribution < 1.29 is 0 Å². The predicted octanol–water partition coefficient (Wildman–Crippen LogP) is 18.6. The van der Waals surface area contributed by atoms with E-state index in [1.54, 1.807) is 0 Å². The second-order valence-corrected chi connectivity index (χ2v) is 16.8. The van der Waals surface area contributed by atoms with Crippen molar-refractivity contribution in [3.63, 3.8) is 0 Å². The van der Waals surface area contributed by atoms with Crippen molar-refractivity contribution in [1.29, 1.82) is 0 Å². The molecule has 0 aliphatic rings. The van der Waals surface area contributed by atoms with Crippen LogP contribution in [-0.4, -0.2) is 0 Å². The van der Waals surface area contributed by atoms with Crippen molar-refractivity contribution in [3.05, 3.63) is 289 Å². The van der Waals surface area contributed by atoms with Gasteiger partial charge in [-0.3, -0.25) is 0 Å². The SMILES string of the molecule is C(=Cc1c(-c2c3ccccc3c(-c3cccc(N(c4ccccc4)c4ccccc4)c3C=Cc3ccccc3)c3ccccc23)cccc1N(c1ccccc1)c1ccccc1)c1ccccc1. The Morgan fingerprint density at radius 2 is 0.485 bits per heavy atom. The number of benzene rings is 11. The van der Waals surface area contributed by atoms with Gasteiger partial charge in [-0.2, -0.15) is 0 Å². The molecule has 0 radical (unpaired) electrons. The minimum absolute atomic E-state index is 1.09. The highest BCUT2D eigenvalue weighted by molar-refractivity contribution is 6.23. The average molecular weight is 869 g/mol. The summed E-state index contributed by atoms with van der Waals surface area (Å²) in [7, 11) is 0. The zero-order valence-corrected chi connectivity index (χ0v) is 37.6. The van der Waals surface area contributed by atoms with Gasteiger partial charge in [0.05, 0.1) is 11.4 Å². The summed E-state index contributed by atoms with van der Waals surface area (Å²) in [5, 5.41) is 4.74. The number of hydrogen-bond donors (Lipinski definition) is 0. The van der Waals surface area contributed by atoms with Crippen molar-refractivity contribution in [2.45, 2.75) is 0 Å². The van der Waals surface area contributed by atoms with Crippen LogP contribution in [0.1, 0.15) is 22.3 Å². The Labute approximate surface area is 399 Å². The minimum Gasteiger partial charge on any atom is -0.310 e. The number of hydrogen-bond acceptors (Lipinski definition) is 2. The van der Waals surface area contributed by atoms with Crippen LogP contribution in [0.4, 0.5) is 34.1 Å². The number of nitrogens with zero attached hydrogens (tertiary/aromatic N) is 2. The zero-order valence-electron chi connectivity index (χ0n) is 37.6. The lowest BCUT2D eigenvalue weighted by molar-refractivity contribution is 1.28. The molecule has 0 heterocycles. The number of fused-ring (bicyclic) bond motifs is 2. The molecule has 0 aliphatic carbocycles. The van der Waals surface area contributed by atoms with E-state index in [0.29, 0.717) is 0 Å². The first-order valence-corrected chi connectivity index (χ1v) is 23.3. The predicted molar refractivity (Wildman–Crippen MR) is 292 cm³/mol. The monoisotopic (exact) mass is 868 g/mol. The van der Waals surface area contributed by atoms with Crippen LogP contribution in [0.2, 0.25) is 0 Å². The van der Waals surface area contributed by atoms with E-state index in [9.17, 15) is 0 Å². The third-order valence-electron chi connectivity index (χ3n) is 12.7. The normalized spacial score (nSPS) is 11.4. The Kier molecular flexibility index (Phi) is 11.8. The van der Waals surface area contributed by atoms with E-state index >= 15 is 0 Å². The van der Waals surface area contributed by atoms with E-state index in [2.05, 4.69) is 301 Å². The Morgan fingerprint density at radius 1 is 0.221 bits per heavy atom. The van der Waals surface area contributed by atoms with Crippen LogP contribution in [0.15, 0.2) is 267 Å². The highest BCUT2D eigenvalue weighted by Gasteiger charge is 2.25. The zero-order chi connectivity index (χ0) is 45.5. The molecule has 0 bridgehead atoms. The molecule has 11 rings (SSSR count). The van der Waals surface area contributed by atoms with Crippen LogP contribution in [0.5, 0.6) is 0 Å². The molecule has 0 aromatic heterocycles. The van der Waals surface area contributed by atoms with Gasteiger partial charge in [0.25, 0.3) is 0 Å². The molecule has 0 fully saturated rings. The second-order valence-electron chi connectivity index (χ2n) is 16.8. The summed E-state index contributed by atoms with van der Waals surface area (Å²) in [5.74, 6) is 0. The van der Waals surface area contributed by atoms with Crippen molar-refractivity contribution >= 4 is 80.0 Å². The van der Waals surface area contributed by atoms with E-state index in [4.69, 9.17) is 0 Å². The minimum atomic E-state index is 1.09. The summed E-state index contributed by atoms with van der Waals surface area (Å²) in [6.45, 7) is 0. The smallest absolute Gasteiger partial charge is 0.0540 e. The largest absolute Gasteiger partial charge is 0.310 e. The third-order valence-corrected chi connectivity index (χ3v) is 12.7. The summed E-state index contributed by atoms with van der Waals surface area (Å²) in [5.41, 5.74) is 15.8. The van der Waals surface area contributed by atoms with E-state index in [-0.39, 0.29) is 0 Å². The molecular weight excluding hydrogens is 821 g/mol. The molecule has 2 nitrogen and oxygen atoms in total. The first-order chi connectivity index (χ1) is 33.8. The van der Waals surface area contributed by atoms with Crippen molar-refractivity contribution in [2.75, 3.05) is 9.80 Å². The number of para-hydroxylation sites is 4. The molecular formula is C66H48N2. The first kappa shape index (κ1) is 41.7. The highest BCUT2D eigenvalue weighted by atomic mass is 15.1. The van der Waals surface area contributed by atoms with Gasteiger partial charge in [-0.15, -0.1) is 0 Å². The quantitative estimate of drug-likeness (QED) is 0.0892. The summed E-state index contributed by atoms with van der Waals surface area (Å²) in [6, 6.07) is 95.6. The van der Waals surface area contributed by atoms with Gasteiger partial charge in [-0.05, 0) is 116 Å². The molecule has 0 saturated carbocycles. The maximum atomic E-state index is 2.38. The first-order valence-electron chi connectivity index (χ1n) is 23.3. The van der Waals surface area contributed by atoms with E-state index in [0.717, 1.165) is 67.5 Å². The van der Waals surface area contributed by atoms with E-state index in [1.165, 1.54) is 32.7 Å². The van der Waals surface area contributed by atoms with Crippen LogP contribution < -0.4 is 9.80 Å². The summed E-state index contributed by atoms with van der Waals surface area (Å²) >= 11 is 0. The lowest BCUT2D eigenvalue weighted by atomic mass is 9.83. The molecule has 322 valence electrons. The molecule has 0 amide bonds. The van der Waals surface area contributed by atoms with Gasteiger partial charge in [0.1, 0.15) is 0 Å². The fraction of sp³-hybridized carbons (Fsp3) is 0. The van der Waals surface area contributed by atoms with Crippen molar-refractivity contribution in [3.8, 4) is 22.3 Å². The lowest BCUT2D eigenvalue weighted by Gasteiger charge is -2.29. The van der Waals surface area contributed by atoms with E-state index in [1.807, 2.05) is 0 Å².